The van der Waals surface area contributed by atoms with E-state index in [9.17, 15) is 4.39 Å². The van der Waals surface area contributed by atoms with Gasteiger partial charge in [0.15, 0.2) is 0 Å². The van der Waals surface area contributed by atoms with Gasteiger partial charge in [0.2, 0.25) is 0 Å². The van der Waals surface area contributed by atoms with Crippen molar-refractivity contribution in [3.05, 3.63) is 35.6 Å². The average Bonchev–Trinajstić information content (AvgIpc) is 2.35. The molecule has 1 rings (SSSR count). The van der Waals surface area contributed by atoms with E-state index in [0.29, 0.717) is 6.04 Å². The highest BCUT2D eigenvalue weighted by Crippen LogP contribution is 2.10. The van der Waals surface area contributed by atoms with Crippen LogP contribution in [0.3, 0.4) is 0 Å². The van der Waals surface area contributed by atoms with Crippen LogP contribution in [0.4, 0.5) is 4.39 Å². The maximum atomic E-state index is 12.8. The predicted molar refractivity (Wildman–Crippen MR) is 71.7 cm³/mol. The minimum absolute atomic E-state index is 0.150. The number of aryl methyl sites for hydroxylation is 1. The minimum Gasteiger partial charge on any atom is -0.314 e. The number of hydrogen-bond donors (Lipinski definition) is 1. The van der Waals surface area contributed by atoms with E-state index in [0.717, 1.165) is 19.4 Å². The zero-order chi connectivity index (χ0) is 12.5. The Balaban J connectivity index is 2.37. The standard InChI is InChI=1S/C15H24FN/c1-3-5-15(17-12-4-2)11-8-13-6-9-14(16)10-7-13/h6-7,9-10,15,17H,3-5,8,11-12H2,1-2H3. The Hall–Kier alpha value is -0.890. The summed E-state index contributed by atoms with van der Waals surface area (Å²) >= 11 is 0. The van der Waals surface area contributed by atoms with Gasteiger partial charge in [0, 0.05) is 6.04 Å². The molecule has 0 aromatic heterocycles. The second-order valence-electron chi connectivity index (χ2n) is 4.60. The zero-order valence-corrected chi connectivity index (χ0v) is 11.0. The Labute approximate surface area is 104 Å². The quantitative estimate of drug-likeness (QED) is 0.722. The third-order valence-corrected chi connectivity index (χ3v) is 3.01. The monoisotopic (exact) mass is 237 g/mol. The van der Waals surface area contributed by atoms with Crippen molar-refractivity contribution in [3.63, 3.8) is 0 Å². The highest BCUT2D eigenvalue weighted by molar-refractivity contribution is 5.16. The summed E-state index contributed by atoms with van der Waals surface area (Å²) in [7, 11) is 0. The maximum absolute atomic E-state index is 12.8. The number of halogens is 1. The molecule has 1 aromatic rings. The highest BCUT2D eigenvalue weighted by atomic mass is 19.1. The second kappa shape index (κ2) is 8.24. The van der Waals surface area contributed by atoms with Crippen molar-refractivity contribution in [3.8, 4) is 0 Å². The topological polar surface area (TPSA) is 12.0 Å². The van der Waals surface area contributed by atoms with Gasteiger partial charge in [0.1, 0.15) is 5.82 Å². The number of benzene rings is 1. The van der Waals surface area contributed by atoms with Crippen LogP contribution in [0.25, 0.3) is 0 Å². The van der Waals surface area contributed by atoms with Crippen LogP contribution in [-0.2, 0) is 6.42 Å². The maximum Gasteiger partial charge on any atom is 0.123 e. The van der Waals surface area contributed by atoms with Crippen molar-refractivity contribution in [2.45, 2.75) is 52.0 Å². The van der Waals surface area contributed by atoms with Crippen LogP contribution in [0.1, 0.15) is 45.1 Å². The van der Waals surface area contributed by atoms with Crippen LogP contribution < -0.4 is 5.32 Å². The fourth-order valence-electron chi connectivity index (χ4n) is 2.04. The van der Waals surface area contributed by atoms with E-state index in [1.54, 1.807) is 12.1 Å². The fraction of sp³-hybridized carbons (Fsp3) is 0.600. The summed E-state index contributed by atoms with van der Waals surface area (Å²) in [6.07, 6.45) is 5.78. The molecule has 0 radical (unpaired) electrons. The Morgan fingerprint density at radius 2 is 1.76 bits per heavy atom. The van der Waals surface area contributed by atoms with E-state index in [4.69, 9.17) is 0 Å². The first-order valence-electron chi connectivity index (χ1n) is 6.74. The van der Waals surface area contributed by atoms with Crippen molar-refractivity contribution in [1.82, 2.24) is 5.32 Å². The number of rotatable bonds is 8. The van der Waals surface area contributed by atoms with Crippen LogP contribution >= 0.6 is 0 Å². The van der Waals surface area contributed by atoms with Crippen molar-refractivity contribution in [2.75, 3.05) is 6.54 Å². The van der Waals surface area contributed by atoms with Crippen molar-refractivity contribution in [1.29, 1.82) is 0 Å². The molecule has 96 valence electrons. The molecule has 1 unspecified atom stereocenters. The van der Waals surface area contributed by atoms with Crippen LogP contribution in [-0.4, -0.2) is 12.6 Å². The normalized spacial score (nSPS) is 12.6. The predicted octanol–water partition coefficient (Wildman–Crippen LogP) is 3.93. The lowest BCUT2D eigenvalue weighted by atomic mass is 10.0. The van der Waals surface area contributed by atoms with E-state index in [2.05, 4.69) is 19.2 Å². The Morgan fingerprint density at radius 3 is 2.35 bits per heavy atom. The molecule has 1 N–H and O–H groups in total. The molecular formula is C15H24FN. The lowest BCUT2D eigenvalue weighted by molar-refractivity contribution is 0.449. The molecule has 0 bridgehead atoms. The molecule has 0 spiro atoms. The summed E-state index contributed by atoms with van der Waals surface area (Å²) in [5, 5.41) is 3.58. The Kier molecular flexibility index (Phi) is 6.87. The number of nitrogens with one attached hydrogen (secondary N) is 1. The summed E-state index contributed by atoms with van der Waals surface area (Å²) in [6, 6.07) is 7.47. The molecule has 0 amide bonds. The molecule has 1 nitrogen and oxygen atoms in total. The van der Waals surface area contributed by atoms with Gasteiger partial charge in [0.25, 0.3) is 0 Å². The molecule has 0 saturated carbocycles. The van der Waals surface area contributed by atoms with Gasteiger partial charge in [-0.05, 0) is 49.9 Å². The van der Waals surface area contributed by atoms with Gasteiger partial charge in [-0.3, -0.25) is 0 Å². The van der Waals surface area contributed by atoms with E-state index < -0.39 is 0 Å². The second-order valence-corrected chi connectivity index (χ2v) is 4.60. The van der Waals surface area contributed by atoms with E-state index in [1.165, 1.54) is 24.8 Å². The molecule has 0 aliphatic rings. The first-order chi connectivity index (χ1) is 8.26. The summed E-state index contributed by atoms with van der Waals surface area (Å²) < 4.78 is 12.8. The molecule has 0 fully saturated rings. The van der Waals surface area contributed by atoms with Crippen molar-refractivity contribution in [2.24, 2.45) is 0 Å². The molecule has 1 aromatic carbocycles. The van der Waals surface area contributed by atoms with Crippen molar-refractivity contribution >= 4 is 0 Å². The van der Waals surface area contributed by atoms with Crippen LogP contribution in [0.15, 0.2) is 24.3 Å². The Bertz CT molecular complexity index is 294. The third kappa shape index (κ3) is 5.83. The minimum atomic E-state index is -0.150. The van der Waals surface area contributed by atoms with Gasteiger partial charge in [-0.2, -0.15) is 0 Å². The molecular weight excluding hydrogens is 213 g/mol. The fourth-order valence-corrected chi connectivity index (χ4v) is 2.04. The summed E-state index contributed by atoms with van der Waals surface area (Å²) in [4.78, 5) is 0. The summed E-state index contributed by atoms with van der Waals surface area (Å²) in [5.74, 6) is -0.150. The largest absolute Gasteiger partial charge is 0.314 e. The smallest absolute Gasteiger partial charge is 0.123 e. The molecule has 17 heavy (non-hydrogen) atoms. The van der Waals surface area contributed by atoms with Gasteiger partial charge in [0.05, 0.1) is 0 Å². The molecule has 1 atom stereocenters. The lowest BCUT2D eigenvalue weighted by Crippen LogP contribution is -2.30. The average molecular weight is 237 g/mol. The number of hydrogen-bond acceptors (Lipinski definition) is 1. The summed E-state index contributed by atoms with van der Waals surface area (Å²) in [5.41, 5.74) is 1.23. The summed E-state index contributed by atoms with van der Waals surface area (Å²) in [6.45, 7) is 5.50. The van der Waals surface area contributed by atoms with Crippen LogP contribution in [0.5, 0.6) is 0 Å². The first kappa shape index (κ1) is 14.2. The third-order valence-electron chi connectivity index (χ3n) is 3.01. The van der Waals surface area contributed by atoms with Gasteiger partial charge >= 0.3 is 0 Å². The van der Waals surface area contributed by atoms with Gasteiger partial charge in [-0.1, -0.05) is 32.4 Å². The zero-order valence-electron chi connectivity index (χ0n) is 11.0. The van der Waals surface area contributed by atoms with Crippen LogP contribution in [0.2, 0.25) is 0 Å². The van der Waals surface area contributed by atoms with Gasteiger partial charge in [-0.15, -0.1) is 0 Å². The molecule has 2 heteroatoms. The van der Waals surface area contributed by atoms with Gasteiger partial charge < -0.3 is 5.32 Å². The van der Waals surface area contributed by atoms with Gasteiger partial charge in [-0.25, -0.2) is 4.39 Å². The van der Waals surface area contributed by atoms with Crippen LogP contribution in [0, 0.1) is 5.82 Å². The SMILES string of the molecule is CCCNC(CCC)CCc1ccc(F)cc1. The Morgan fingerprint density at radius 1 is 1.06 bits per heavy atom. The lowest BCUT2D eigenvalue weighted by Gasteiger charge is -2.17. The highest BCUT2D eigenvalue weighted by Gasteiger charge is 2.06. The van der Waals surface area contributed by atoms with Crippen molar-refractivity contribution < 1.29 is 4.39 Å². The van der Waals surface area contributed by atoms with E-state index >= 15 is 0 Å². The molecule has 0 saturated heterocycles. The molecule has 0 aliphatic heterocycles. The molecule has 0 heterocycles. The molecule has 0 aliphatic carbocycles. The first-order valence-corrected chi connectivity index (χ1v) is 6.74. The van der Waals surface area contributed by atoms with E-state index in [1.807, 2.05) is 12.1 Å². The van der Waals surface area contributed by atoms with E-state index in [-0.39, 0.29) is 5.82 Å².